The minimum absolute atomic E-state index is 0.101. The summed E-state index contributed by atoms with van der Waals surface area (Å²) in [5, 5.41) is 5.93. The number of aromatic nitrogens is 2. The predicted molar refractivity (Wildman–Crippen MR) is 119 cm³/mol. The first-order valence-corrected chi connectivity index (χ1v) is 10.3. The fraction of sp³-hybridized carbons (Fsp3) is 0.429. The molecule has 1 aromatic carbocycles. The van der Waals surface area contributed by atoms with E-state index in [-0.39, 0.29) is 17.5 Å². The molecule has 0 unspecified atom stereocenters. The maximum absolute atomic E-state index is 12.8. The smallest absolute Gasteiger partial charge is 0.324 e. The van der Waals surface area contributed by atoms with E-state index >= 15 is 0 Å². The van der Waals surface area contributed by atoms with Crippen molar-refractivity contribution in [3.05, 3.63) is 23.9 Å². The van der Waals surface area contributed by atoms with Crippen molar-refractivity contribution in [2.75, 3.05) is 32.6 Å². The van der Waals surface area contributed by atoms with Crippen LogP contribution in [0.5, 0.6) is 5.75 Å². The number of rotatable bonds is 4. The van der Waals surface area contributed by atoms with E-state index < -0.39 is 0 Å². The van der Waals surface area contributed by atoms with Gasteiger partial charge in [-0.15, -0.1) is 0 Å². The number of methoxy groups -OCH3 is 1. The first-order chi connectivity index (χ1) is 15.0. The maximum atomic E-state index is 12.8. The van der Waals surface area contributed by atoms with Crippen LogP contribution in [0.15, 0.2) is 23.3 Å². The number of H-pyrrole nitrogens is 1. The molecule has 2 aliphatic heterocycles. The van der Waals surface area contributed by atoms with Gasteiger partial charge in [0.25, 0.3) is 0 Å². The fourth-order valence-corrected chi connectivity index (χ4v) is 4.34. The number of carbonyl (C=O) groups is 2. The van der Waals surface area contributed by atoms with Crippen molar-refractivity contribution in [2.45, 2.75) is 31.2 Å². The Morgan fingerprint density at radius 2 is 2.13 bits per heavy atom. The number of likely N-dealkylation sites (tertiary alicyclic amines) is 1. The molecule has 4 rings (SSSR count). The predicted octanol–water partition coefficient (Wildman–Crippen LogP) is 1.85. The molecule has 31 heavy (non-hydrogen) atoms. The van der Waals surface area contributed by atoms with Gasteiger partial charge in [-0.1, -0.05) is 0 Å². The zero-order chi connectivity index (χ0) is 22.0. The Balaban J connectivity index is 1.53. The van der Waals surface area contributed by atoms with Crippen molar-refractivity contribution in [3.63, 3.8) is 0 Å². The minimum atomic E-state index is -0.233. The van der Waals surface area contributed by atoms with Gasteiger partial charge in [-0.2, -0.15) is 0 Å². The van der Waals surface area contributed by atoms with E-state index in [9.17, 15) is 9.59 Å². The largest absolute Gasteiger partial charge is 0.494 e. The number of piperidine rings is 1. The Kier molecular flexibility index (Phi) is 5.53. The summed E-state index contributed by atoms with van der Waals surface area (Å²) in [6.45, 7) is 1.15. The van der Waals surface area contributed by atoms with Crippen LogP contribution < -0.4 is 21.1 Å². The maximum Gasteiger partial charge on any atom is 0.324 e. The van der Waals surface area contributed by atoms with Crippen molar-refractivity contribution >= 4 is 40.7 Å². The number of urea groups is 1. The summed E-state index contributed by atoms with van der Waals surface area (Å²) in [6, 6.07) is 3.44. The van der Waals surface area contributed by atoms with Crippen LogP contribution in [0.1, 0.15) is 31.2 Å². The highest BCUT2D eigenvalue weighted by Crippen LogP contribution is 2.33. The van der Waals surface area contributed by atoms with E-state index in [0.717, 1.165) is 24.8 Å². The highest BCUT2D eigenvalue weighted by atomic mass is 16.5. The molecular formula is C21H27N7O3. The number of amides is 3. The normalized spacial score (nSPS) is 18.7. The highest BCUT2D eigenvalue weighted by Gasteiger charge is 2.41. The van der Waals surface area contributed by atoms with Crippen LogP contribution in [-0.2, 0) is 4.79 Å². The molecule has 10 nitrogen and oxygen atoms in total. The number of imidazole rings is 1. The summed E-state index contributed by atoms with van der Waals surface area (Å²) < 4.78 is 5.44. The van der Waals surface area contributed by atoms with Gasteiger partial charge in [-0.25, -0.2) is 9.78 Å². The third-order valence-corrected chi connectivity index (χ3v) is 6.05. The van der Waals surface area contributed by atoms with E-state index in [1.165, 1.54) is 6.20 Å². The number of nitrogens with two attached hydrogens (primary N) is 1. The van der Waals surface area contributed by atoms with Gasteiger partial charge in [0.05, 0.1) is 7.11 Å². The number of nitrogens with one attached hydrogen (secondary N) is 3. The molecule has 2 aliphatic rings. The SMILES string of the molecule is CN=CC(=CN)c1ccc(OC)c2[nH]c(NC(=O)N3CCC4(CCC(=O)N4)CC3)nc12. The van der Waals surface area contributed by atoms with Crippen LogP contribution in [0.2, 0.25) is 0 Å². The molecule has 0 atom stereocenters. The molecule has 1 spiro atoms. The molecule has 0 radical (unpaired) electrons. The van der Waals surface area contributed by atoms with E-state index in [4.69, 9.17) is 10.5 Å². The molecule has 1 aromatic heterocycles. The number of aromatic amines is 1. The standard InChI is InChI=1S/C21H27N7O3/c1-23-12-13(11-22)14-3-4-15(31-2)18-17(14)24-19(25-18)26-20(30)28-9-7-21(8-10-28)6-5-16(29)27-21/h3-4,11-12H,5-10,22H2,1-2H3,(H,27,29)(H2,24,25,26,30). The van der Waals surface area contributed by atoms with Gasteiger partial charge in [0.2, 0.25) is 11.9 Å². The number of aliphatic imine (C=N–C) groups is 1. The Hall–Kier alpha value is -3.56. The third kappa shape index (κ3) is 3.92. The van der Waals surface area contributed by atoms with Gasteiger partial charge >= 0.3 is 6.03 Å². The first kappa shape index (κ1) is 20.7. The molecule has 0 aliphatic carbocycles. The molecule has 5 N–H and O–H groups in total. The van der Waals surface area contributed by atoms with E-state index in [2.05, 4.69) is 25.6 Å². The lowest BCUT2D eigenvalue weighted by atomic mass is 9.86. The Morgan fingerprint density at radius 1 is 1.35 bits per heavy atom. The van der Waals surface area contributed by atoms with E-state index in [1.807, 2.05) is 12.1 Å². The monoisotopic (exact) mass is 425 g/mol. The van der Waals surface area contributed by atoms with Gasteiger partial charge in [0, 0.05) is 55.6 Å². The summed E-state index contributed by atoms with van der Waals surface area (Å²) in [7, 11) is 3.24. The van der Waals surface area contributed by atoms with Gasteiger partial charge in [-0.3, -0.25) is 15.1 Å². The molecule has 2 saturated heterocycles. The number of nitrogens with zero attached hydrogens (tertiary/aromatic N) is 3. The van der Waals surface area contributed by atoms with Gasteiger partial charge in [0.1, 0.15) is 16.8 Å². The number of hydrogen-bond acceptors (Lipinski definition) is 6. The number of fused-ring (bicyclic) bond motifs is 1. The van der Waals surface area contributed by atoms with Crippen molar-refractivity contribution < 1.29 is 14.3 Å². The van der Waals surface area contributed by atoms with E-state index in [1.54, 1.807) is 25.3 Å². The lowest BCUT2D eigenvalue weighted by Gasteiger charge is -2.38. The summed E-state index contributed by atoms with van der Waals surface area (Å²) >= 11 is 0. The quantitative estimate of drug-likeness (QED) is 0.554. The Labute approximate surface area is 179 Å². The summed E-state index contributed by atoms with van der Waals surface area (Å²) in [5.74, 6) is 1.03. The second-order valence-electron chi connectivity index (χ2n) is 7.88. The molecule has 10 heteroatoms. The van der Waals surface area contributed by atoms with Gasteiger partial charge in [-0.05, 0) is 31.4 Å². The molecule has 2 fully saturated rings. The van der Waals surface area contributed by atoms with Crippen molar-refractivity contribution in [3.8, 4) is 5.75 Å². The highest BCUT2D eigenvalue weighted by molar-refractivity contribution is 6.14. The van der Waals surface area contributed by atoms with Gasteiger partial charge in [0.15, 0.2) is 0 Å². The van der Waals surface area contributed by atoms with Gasteiger partial charge < -0.3 is 25.7 Å². The van der Waals surface area contributed by atoms with Crippen molar-refractivity contribution in [1.29, 1.82) is 0 Å². The number of hydrogen-bond donors (Lipinski definition) is 4. The molecular weight excluding hydrogens is 398 g/mol. The lowest BCUT2D eigenvalue weighted by molar-refractivity contribution is -0.120. The molecule has 2 aromatic rings. The first-order valence-electron chi connectivity index (χ1n) is 10.3. The second-order valence-corrected chi connectivity index (χ2v) is 7.88. The molecule has 164 valence electrons. The number of carbonyl (C=O) groups excluding carboxylic acids is 2. The zero-order valence-corrected chi connectivity index (χ0v) is 17.7. The lowest BCUT2D eigenvalue weighted by Crippen LogP contribution is -2.53. The average Bonchev–Trinajstić information content (AvgIpc) is 3.35. The topological polar surface area (TPSA) is 138 Å². The third-order valence-electron chi connectivity index (χ3n) is 6.05. The number of anilines is 1. The Bertz CT molecular complexity index is 1060. The van der Waals surface area contributed by atoms with Crippen LogP contribution in [0.4, 0.5) is 10.7 Å². The zero-order valence-electron chi connectivity index (χ0n) is 17.7. The summed E-state index contributed by atoms with van der Waals surface area (Å²) in [4.78, 5) is 37.9. The van der Waals surface area contributed by atoms with Crippen molar-refractivity contribution in [1.82, 2.24) is 20.2 Å². The second kappa shape index (κ2) is 8.29. The summed E-state index contributed by atoms with van der Waals surface area (Å²) in [6.07, 6.45) is 6.03. The fourth-order valence-electron chi connectivity index (χ4n) is 4.34. The molecule has 0 saturated carbocycles. The molecule has 3 amide bonds. The number of benzene rings is 1. The van der Waals surface area contributed by atoms with Crippen LogP contribution in [0.25, 0.3) is 16.6 Å². The van der Waals surface area contributed by atoms with Crippen LogP contribution in [-0.4, -0.2) is 65.8 Å². The molecule has 3 heterocycles. The van der Waals surface area contributed by atoms with Crippen LogP contribution in [0, 0.1) is 0 Å². The van der Waals surface area contributed by atoms with Crippen molar-refractivity contribution in [2.24, 2.45) is 10.7 Å². The minimum Gasteiger partial charge on any atom is -0.494 e. The number of ether oxygens (including phenoxy) is 1. The van der Waals surface area contributed by atoms with Crippen LogP contribution >= 0.6 is 0 Å². The van der Waals surface area contributed by atoms with Crippen LogP contribution in [0.3, 0.4) is 0 Å². The average molecular weight is 425 g/mol. The molecule has 0 bridgehead atoms. The number of allylic oxidation sites excluding steroid dienone is 1. The van der Waals surface area contributed by atoms with E-state index in [0.29, 0.717) is 47.8 Å². The Morgan fingerprint density at radius 3 is 2.74 bits per heavy atom. The summed E-state index contributed by atoms with van der Waals surface area (Å²) in [5.41, 5.74) is 8.38.